The highest BCUT2D eigenvalue weighted by atomic mass is 16.4. The van der Waals surface area contributed by atoms with E-state index in [1.807, 2.05) is 0 Å². The molecule has 0 aromatic rings. The van der Waals surface area contributed by atoms with Crippen LogP contribution in [-0.2, 0) is 0 Å². The van der Waals surface area contributed by atoms with E-state index in [2.05, 4.69) is 17.0 Å². The molecule has 1 aliphatic heterocycles. The molecule has 1 heterocycles. The van der Waals surface area contributed by atoms with Gasteiger partial charge in [0.05, 0.1) is 0 Å². The van der Waals surface area contributed by atoms with Crippen LogP contribution in [-0.4, -0.2) is 35.1 Å². The van der Waals surface area contributed by atoms with Crippen molar-refractivity contribution >= 4 is 5.84 Å². The normalized spacial score (nSPS) is 23.5. The molecule has 0 amide bonds. The van der Waals surface area contributed by atoms with E-state index in [4.69, 9.17) is 10.9 Å². The highest BCUT2D eigenvalue weighted by molar-refractivity contribution is 5.79. The van der Waals surface area contributed by atoms with Crippen molar-refractivity contribution in [2.24, 2.45) is 10.9 Å². The van der Waals surface area contributed by atoms with E-state index < -0.39 is 0 Å². The molecule has 0 aliphatic carbocycles. The average Bonchev–Trinajstić information content (AvgIpc) is 2.71. The quantitative estimate of drug-likeness (QED) is 0.232. The first-order valence-corrected chi connectivity index (χ1v) is 5.98. The number of hydrogen-bond donors (Lipinski definition) is 2. The summed E-state index contributed by atoms with van der Waals surface area (Å²) in [6.07, 6.45) is 6.84. The van der Waals surface area contributed by atoms with Gasteiger partial charge in [0.2, 0.25) is 0 Å². The molecule has 15 heavy (non-hydrogen) atoms. The molecule has 3 N–H and O–H groups in total. The van der Waals surface area contributed by atoms with Gasteiger partial charge in [0.15, 0.2) is 0 Å². The van der Waals surface area contributed by atoms with Gasteiger partial charge in [0.1, 0.15) is 5.84 Å². The van der Waals surface area contributed by atoms with Gasteiger partial charge >= 0.3 is 0 Å². The maximum absolute atomic E-state index is 8.38. The third-order valence-corrected chi connectivity index (χ3v) is 3.23. The van der Waals surface area contributed by atoms with Gasteiger partial charge in [-0.05, 0) is 45.2 Å². The summed E-state index contributed by atoms with van der Waals surface area (Å²) >= 11 is 0. The maximum Gasteiger partial charge on any atom is 0.139 e. The first-order valence-electron chi connectivity index (χ1n) is 5.98. The minimum absolute atomic E-state index is 0.350. The molecule has 0 bridgehead atoms. The van der Waals surface area contributed by atoms with Crippen LogP contribution in [0.1, 0.15) is 45.4 Å². The van der Waals surface area contributed by atoms with Crippen LogP contribution in [0, 0.1) is 0 Å². The summed E-state index contributed by atoms with van der Waals surface area (Å²) in [6.45, 7) is 4.68. The van der Waals surface area contributed by atoms with Gasteiger partial charge in [-0.25, -0.2) is 0 Å². The van der Waals surface area contributed by atoms with Gasteiger partial charge in [0.25, 0.3) is 0 Å². The van der Waals surface area contributed by atoms with E-state index in [0.717, 1.165) is 25.4 Å². The Morgan fingerprint density at radius 3 is 3.00 bits per heavy atom. The molecular formula is C11H23N3O. The molecule has 1 rings (SSSR count). The number of unbranched alkanes of at least 4 members (excludes halogenated alkanes) is 1. The number of hydrogen-bond acceptors (Lipinski definition) is 3. The Kier molecular flexibility index (Phi) is 5.47. The van der Waals surface area contributed by atoms with Crippen LogP contribution in [0.5, 0.6) is 0 Å². The molecular weight excluding hydrogens is 190 g/mol. The van der Waals surface area contributed by atoms with Gasteiger partial charge < -0.3 is 15.8 Å². The minimum atomic E-state index is 0.350. The predicted octanol–water partition coefficient (Wildman–Crippen LogP) is 1.78. The van der Waals surface area contributed by atoms with E-state index in [1.54, 1.807) is 0 Å². The van der Waals surface area contributed by atoms with Gasteiger partial charge in [-0.15, -0.1) is 0 Å². The molecule has 88 valence electrons. The van der Waals surface area contributed by atoms with Gasteiger partial charge in [-0.1, -0.05) is 12.1 Å². The zero-order valence-electron chi connectivity index (χ0n) is 9.65. The molecule has 0 aromatic heterocycles. The Bertz CT molecular complexity index is 206. The Hall–Kier alpha value is -0.770. The number of rotatable bonds is 6. The molecule has 1 unspecified atom stereocenters. The maximum atomic E-state index is 8.38. The van der Waals surface area contributed by atoms with E-state index in [1.165, 1.54) is 25.8 Å². The van der Waals surface area contributed by atoms with E-state index in [-0.39, 0.29) is 0 Å². The lowest BCUT2D eigenvalue weighted by Crippen LogP contribution is -2.29. The standard InChI is InChI=1S/C11H23N3O/c1-2-10-6-5-9-14(10)8-4-3-7-11(12)13-15/h10,15H,2-9H2,1H3,(H2,12,13). The third kappa shape index (κ3) is 4.08. The molecule has 0 aromatic carbocycles. The van der Waals surface area contributed by atoms with E-state index in [9.17, 15) is 0 Å². The Morgan fingerprint density at radius 2 is 2.33 bits per heavy atom. The number of likely N-dealkylation sites (tertiary alicyclic amines) is 1. The first-order chi connectivity index (χ1) is 7.27. The Balaban J connectivity index is 2.09. The second kappa shape index (κ2) is 6.67. The zero-order chi connectivity index (χ0) is 11.1. The summed E-state index contributed by atoms with van der Waals surface area (Å²) in [5.41, 5.74) is 5.41. The smallest absolute Gasteiger partial charge is 0.139 e. The number of amidine groups is 1. The van der Waals surface area contributed by atoms with Crippen LogP contribution < -0.4 is 5.73 Å². The second-order valence-electron chi connectivity index (χ2n) is 4.29. The molecule has 0 radical (unpaired) electrons. The summed E-state index contributed by atoms with van der Waals surface area (Å²) in [5, 5.41) is 11.3. The monoisotopic (exact) mass is 213 g/mol. The first kappa shape index (κ1) is 12.3. The second-order valence-corrected chi connectivity index (χ2v) is 4.29. The lowest BCUT2D eigenvalue weighted by atomic mass is 10.1. The Labute approximate surface area is 92.1 Å². The number of nitrogens with two attached hydrogens (primary N) is 1. The zero-order valence-corrected chi connectivity index (χ0v) is 9.65. The fraction of sp³-hybridized carbons (Fsp3) is 0.909. The molecule has 1 aliphatic rings. The summed E-state index contributed by atoms with van der Waals surface area (Å²) < 4.78 is 0. The lowest BCUT2D eigenvalue weighted by Gasteiger charge is -2.22. The van der Waals surface area contributed by atoms with Gasteiger partial charge in [-0.2, -0.15) is 0 Å². The average molecular weight is 213 g/mol. The van der Waals surface area contributed by atoms with Crippen LogP contribution in [0.3, 0.4) is 0 Å². The minimum Gasteiger partial charge on any atom is -0.409 e. The molecule has 1 fully saturated rings. The fourth-order valence-corrected chi connectivity index (χ4v) is 2.32. The molecule has 1 saturated heterocycles. The topological polar surface area (TPSA) is 61.8 Å². The summed E-state index contributed by atoms with van der Waals surface area (Å²) in [6, 6.07) is 0.800. The summed E-state index contributed by atoms with van der Waals surface area (Å²) in [7, 11) is 0. The summed E-state index contributed by atoms with van der Waals surface area (Å²) in [4.78, 5) is 2.58. The molecule has 0 spiro atoms. The van der Waals surface area contributed by atoms with E-state index in [0.29, 0.717) is 12.3 Å². The van der Waals surface area contributed by atoms with Crippen molar-refractivity contribution in [2.75, 3.05) is 13.1 Å². The highest BCUT2D eigenvalue weighted by Gasteiger charge is 2.21. The van der Waals surface area contributed by atoms with Gasteiger partial charge in [-0.3, -0.25) is 0 Å². The van der Waals surface area contributed by atoms with Crippen LogP contribution in [0.25, 0.3) is 0 Å². The van der Waals surface area contributed by atoms with Crippen LogP contribution >= 0.6 is 0 Å². The molecule has 4 heteroatoms. The molecule has 1 atom stereocenters. The molecule has 0 saturated carbocycles. The van der Waals surface area contributed by atoms with E-state index >= 15 is 0 Å². The van der Waals surface area contributed by atoms with Gasteiger partial charge in [0, 0.05) is 12.5 Å². The lowest BCUT2D eigenvalue weighted by molar-refractivity contribution is 0.244. The van der Waals surface area contributed by atoms with Crippen molar-refractivity contribution in [3.8, 4) is 0 Å². The fourth-order valence-electron chi connectivity index (χ4n) is 2.32. The van der Waals surface area contributed by atoms with Crippen molar-refractivity contribution in [3.63, 3.8) is 0 Å². The van der Waals surface area contributed by atoms with Crippen LogP contribution in [0.2, 0.25) is 0 Å². The molecule has 4 nitrogen and oxygen atoms in total. The SMILES string of the molecule is CCC1CCCN1CCCC/C(N)=N/O. The third-order valence-electron chi connectivity index (χ3n) is 3.23. The van der Waals surface area contributed by atoms with Crippen LogP contribution in [0.15, 0.2) is 5.16 Å². The Morgan fingerprint density at radius 1 is 1.53 bits per heavy atom. The summed E-state index contributed by atoms with van der Waals surface area (Å²) in [5.74, 6) is 0.350. The van der Waals surface area contributed by atoms with Crippen molar-refractivity contribution in [1.82, 2.24) is 4.90 Å². The van der Waals surface area contributed by atoms with Crippen molar-refractivity contribution in [2.45, 2.75) is 51.5 Å². The number of nitrogens with zero attached hydrogens (tertiary/aromatic N) is 2. The predicted molar refractivity (Wildman–Crippen MR) is 62.1 cm³/mol. The number of oxime groups is 1. The van der Waals surface area contributed by atoms with Crippen molar-refractivity contribution in [1.29, 1.82) is 0 Å². The van der Waals surface area contributed by atoms with Crippen molar-refractivity contribution in [3.05, 3.63) is 0 Å². The van der Waals surface area contributed by atoms with Crippen molar-refractivity contribution < 1.29 is 5.21 Å². The van der Waals surface area contributed by atoms with Crippen LogP contribution in [0.4, 0.5) is 0 Å². The largest absolute Gasteiger partial charge is 0.409 e. The highest BCUT2D eigenvalue weighted by Crippen LogP contribution is 2.20.